The Balaban J connectivity index is 1.70. The summed E-state index contributed by atoms with van der Waals surface area (Å²) in [5.41, 5.74) is 4.02. The van der Waals surface area contributed by atoms with Crippen LogP contribution in [0.3, 0.4) is 0 Å². The highest BCUT2D eigenvalue weighted by Gasteiger charge is 2.26. The van der Waals surface area contributed by atoms with Crippen LogP contribution < -0.4 is 14.8 Å². The number of hydrogen-bond donors (Lipinski definition) is 1. The molecule has 0 unspecified atom stereocenters. The summed E-state index contributed by atoms with van der Waals surface area (Å²) < 4.78 is 11.4. The molecule has 0 fully saturated rings. The van der Waals surface area contributed by atoms with Crippen molar-refractivity contribution >= 4 is 17.0 Å². The summed E-state index contributed by atoms with van der Waals surface area (Å²) in [5.74, 6) is 1.74. The van der Waals surface area contributed by atoms with Gasteiger partial charge in [0.2, 0.25) is 0 Å². The molecule has 0 atom stereocenters. The number of nitrogens with one attached hydrogen (secondary N) is 1. The Kier molecular flexibility index (Phi) is 4.11. The van der Waals surface area contributed by atoms with Gasteiger partial charge in [0.25, 0.3) is 0 Å². The van der Waals surface area contributed by atoms with Crippen LogP contribution in [0.2, 0.25) is 0 Å². The first-order valence-electron chi connectivity index (χ1n) is 8.64. The van der Waals surface area contributed by atoms with E-state index in [9.17, 15) is 0 Å². The van der Waals surface area contributed by atoms with E-state index in [1.165, 1.54) is 4.88 Å². The lowest BCUT2D eigenvalue weighted by Crippen LogP contribution is -2.39. The molecule has 4 nitrogen and oxygen atoms in total. The van der Waals surface area contributed by atoms with Crippen molar-refractivity contribution in [3.05, 3.63) is 47.3 Å². The molecule has 0 spiro atoms. The lowest BCUT2D eigenvalue weighted by molar-refractivity contribution is 0.116. The third-order valence-corrected chi connectivity index (χ3v) is 5.48. The second-order valence-electron chi connectivity index (χ2n) is 7.08. The summed E-state index contributed by atoms with van der Waals surface area (Å²) in [5, 5.41) is 4.47. The molecular formula is C21H22N2O2S. The molecule has 0 radical (unpaired) electrons. The zero-order valence-electron chi connectivity index (χ0n) is 15.4. The lowest BCUT2D eigenvalue weighted by atomic mass is 10.0. The molecule has 134 valence electrons. The van der Waals surface area contributed by atoms with Crippen LogP contribution in [-0.4, -0.2) is 24.2 Å². The molecule has 26 heavy (non-hydrogen) atoms. The summed E-state index contributed by atoms with van der Waals surface area (Å²) in [6.07, 6.45) is 0. The number of anilines is 1. The van der Waals surface area contributed by atoms with Gasteiger partial charge in [-0.05, 0) is 51.1 Å². The van der Waals surface area contributed by atoms with E-state index in [1.54, 1.807) is 18.4 Å². The molecular weight excluding hydrogens is 344 g/mol. The van der Waals surface area contributed by atoms with Crippen LogP contribution in [0.5, 0.6) is 11.5 Å². The summed E-state index contributed by atoms with van der Waals surface area (Å²) in [6.45, 7) is 7.07. The lowest BCUT2D eigenvalue weighted by Gasteiger charge is -2.33. The number of fused-ring (bicyclic) bond motifs is 1. The maximum atomic E-state index is 6.05. The van der Waals surface area contributed by atoms with Gasteiger partial charge < -0.3 is 14.8 Å². The van der Waals surface area contributed by atoms with E-state index in [4.69, 9.17) is 14.5 Å². The zero-order valence-corrected chi connectivity index (χ0v) is 16.2. The molecule has 1 N–H and O–H groups in total. The average molecular weight is 366 g/mol. The molecule has 1 aliphatic heterocycles. The first-order valence-corrected chi connectivity index (χ1v) is 9.46. The summed E-state index contributed by atoms with van der Waals surface area (Å²) in [6, 6.07) is 14.3. The molecule has 0 saturated carbocycles. The molecule has 2 aromatic carbocycles. The minimum Gasteiger partial charge on any atom is -0.497 e. The number of aromatic nitrogens is 1. The minimum absolute atomic E-state index is 0.190. The molecule has 4 rings (SSSR count). The Bertz CT molecular complexity index is 962. The Morgan fingerprint density at radius 3 is 2.81 bits per heavy atom. The average Bonchev–Trinajstić information content (AvgIpc) is 3.02. The normalized spacial score (nSPS) is 14.9. The van der Waals surface area contributed by atoms with Gasteiger partial charge in [-0.15, -0.1) is 11.3 Å². The van der Waals surface area contributed by atoms with Crippen LogP contribution in [0.15, 0.2) is 42.5 Å². The van der Waals surface area contributed by atoms with Crippen LogP contribution in [0.1, 0.15) is 18.7 Å². The number of nitrogens with zero attached hydrogens (tertiary/aromatic N) is 1. The summed E-state index contributed by atoms with van der Waals surface area (Å²) in [7, 11) is 1.68. The molecule has 1 aliphatic rings. The van der Waals surface area contributed by atoms with Crippen LogP contribution in [0, 0.1) is 6.92 Å². The standard InChI is InChI=1S/C21H22N2O2S/c1-13-19(23-20(26-13)15-6-5-7-16(10-15)24-4)14-8-9-18-17(11-14)22-12-21(2,3)25-18/h5-11,22H,12H2,1-4H3. The first-order chi connectivity index (χ1) is 12.4. The SMILES string of the molecule is COc1cccc(-c2nc(-c3ccc4c(c3)NCC(C)(C)O4)c(C)s2)c1. The number of aryl methyl sites for hydroxylation is 1. The number of benzene rings is 2. The Labute approximate surface area is 157 Å². The van der Waals surface area contributed by atoms with Gasteiger partial charge in [0.1, 0.15) is 22.1 Å². The Hall–Kier alpha value is -2.53. The maximum Gasteiger partial charge on any atom is 0.143 e. The molecule has 1 aromatic heterocycles. The van der Waals surface area contributed by atoms with E-state index in [-0.39, 0.29) is 5.60 Å². The largest absolute Gasteiger partial charge is 0.497 e. The van der Waals surface area contributed by atoms with Crippen molar-refractivity contribution in [3.63, 3.8) is 0 Å². The van der Waals surface area contributed by atoms with Gasteiger partial charge in [-0.3, -0.25) is 0 Å². The van der Waals surface area contributed by atoms with Crippen molar-refractivity contribution in [2.45, 2.75) is 26.4 Å². The summed E-state index contributed by atoms with van der Waals surface area (Å²) in [4.78, 5) is 6.09. The number of thiazole rings is 1. The fourth-order valence-corrected chi connectivity index (χ4v) is 4.02. The number of hydrogen-bond acceptors (Lipinski definition) is 5. The second kappa shape index (κ2) is 6.32. The van der Waals surface area contributed by atoms with E-state index < -0.39 is 0 Å². The maximum absolute atomic E-state index is 6.05. The zero-order chi connectivity index (χ0) is 18.3. The predicted molar refractivity (Wildman–Crippen MR) is 107 cm³/mol. The Morgan fingerprint density at radius 2 is 2.00 bits per heavy atom. The van der Waals surface area contributed by atoms with E-state index in [0.717, 1.165) is 45.6 Å². The second-order valence-corrected chi connectivity index (χ2v) is 8.29. The fraction of sp³-hybridized carbons (Fsp3) is 0.286. The third-order valence-electron chi connectivity index (χ3n) is 4.46. The van der Waals surface area contributed by atoms with E-state index in [2.05, 4.69) is 44.3 Å². The highest BCUT2D eigenvalue weighted by molar-refractivity contribution is 7.15. The number of rotatable bonds is 3. The van der Waals surface area contributed by atoms with Crippen molar-refractivity contribution < 1.29 is 9.47 Å². The van der Waals surface area contributed by atoms with Gasteiger partial charge in [-0.2, -0.15) is 0 Å². The topological polar surface area (TPSA) is 43.4 Å². The number of methoxy groups -OCH3 is 1. The van der Waals surface area contributed by atoms with Crippen molar-refractivity contribution in [3.8, 4) is 33.3 Å². The van der Waals surface area contributed by atoms with Gasteiger partial charge in [0.05, 0.1) is 25.0 Å². The van der Waals surface area contributed by atoms with Gasteiger partial charge in [0.15, 0.2) is 0 Å². The first kappa shape index (κ1) is 16.9. The minimum atomic E-state index is -0.190. The molecule has 0 amide bonds. The van der Waals surface area contributed by atoms with Crippen molar-refractivity contribution in [2.75, 3.05) is 19.0 Å². The molecule has 2 heterocycles. The molecule has 0 aliphatic carbocycles. The van der Waals surface area contributed by atoms with E-state index >= 15 is 0 Å². The smallest absolute Gasteiger partial charge is 0.143 e. The molecule has 0 bridgehead atoms. The molecule has 0 saturated heterocycles. The summed E-state index contributed by atoms with van der Waals surface area (Å²) >= 11 is 1.70. The fourth-order valence-electron chi connectivity index (χ4n) is 3.09. The Morgan fingerprint density at radius 1 is 1.15 bits per heavy atom. The molecule has 5 heteroatoms. The van der Waals surface area contributed by atoms with Gasteiger partial charge in [0, 0.05) is 16.0 Å². The third kappa shape index (κ3) is 3.15. The highest BCUT2D eigenvalue weighted by Crippen LogP contribution is 2.39. The van der Waals surface area contributed by atoms with Crippen molar-refractivity contribution in [1.82, 2.24) is 4.98 Å². The van der Waals surface area contributed by atoms with Crippen LogP contribution in [0.25, 0.3) is 21.8 Å². The van der Waals surface area contributed by atoms with Gasteiger partial charge in [-0.25, -0.2) is 4.98 Å². The van der Waals surface area contributed by atoms with E-state index in [1.807, 2.05) is 24.3 Å². The predicted octanol–water partition coefficient (Wildman–Crippen LogP) is 5.38. The van der Waals surface area contributed by atoms with Crippen LogP contribution in [0.4, 0.5) is 5.69 Å². The van der Waals surface area contributed by atoms with Gasteiger partial charge in [-0.1, -0.05) is 12.1 Å². The highest BCUT2D eigenvalue weighted by atomic mass is 32.1. The monoisotopic (exact) mass is 366 g/mol. The number of ether oxygens (including phenoxy) is 2. The van der Waals surface area contributed by atoms with Crippen LogP contribution >= 0.6 is 11.3 Å². The van der Waals surface area contributed by atoms with Crippen LogP contribution in [-0.2, 0) is 0 Å². The van der Waals surface area contributed by atoms with Crippen molar-refractivity contribution in [1.29, 1.82) is 0 Å². The quantitative estimate of drug-likeness (QED) is 0.676. The van der Waals surface area contributed by atoms with Gasteiger partial charge >= 0.3 is 0 Å². The van der Waals surface area contributed by atoms with Crippen molar-refractivity contribution in [2.24, 2.45) is 0 Å². The molecule has 3 aromatic rings. The van der Waals surface area contributed by atoms with E-state index in [0.29, 0.717) is 0 Å².